The molecule has 2 aromatic rings. The molecule has 0 amide bonds. The van der Waals surface area contributed by atoms with Crippen molar-refractivity contribution in [2.45, 2.75) is 6.42 Å². The zero-order chi connectivity index (χ0) is 12.8. The maximum absolute atomic E-state index is 5.95. The number of hydrogen-bond donors (Lipinski definition) is 0. The van der Waals surface area contributed by atoms with Crippen LogP contribution in [-0.4, -0.2) is 4.43 Å². The number of alkyl halides is 1. The quantitative estimate of drug-likeness (QED) is 0.487. The van der Waals surface area contributed by atoms with Crippen molar-refractivity contribution in [3.8, 4) is 0 Å². The molecule has 0 aliphatic heterocycles. The topological polar surface area (TPSA) is 0 Å². The molecule has 0 aliphatic rings. The van der Waals surface area contributed by atoms with Gasteiger partial charge in [-0.25, -0.2) is 0 Å². The minimum Gasteiger partial charge on any atom is -0.0860 e. The molecule has 0 bridgehead atoms. The summed E-state index contributed by atoms with van der Waals surface area (Å²) in [5.74, 6) is 0. The molecule has 0 aliphatic carbocycles. The first-order chi connectivity index (χ1) is 8.81. The number of allylic oxidation sites excluding steroid dienone is 1. The third kappa shape index (κ3) is 3.59. The fraction of sp³-hybridized carbons (Fsp3) is 0.125. The van der Waals surface area contributed by atoms with Gasteiger partial charge in [0.2, 0.25) is 0 Å². The highest BCUT2D eigenvalue weighted by Gasteiger charge is 2.04. The van der Waals surface area contributed by atoms with Crippen LogP contribution in [0.2, 0.25) is 5.02 Å². The van der Waals surface area contributed by atoms with Crippen molar-refractivity contribution in [3.05, 3.63) is 76.8 Å². The Bertz CT molecular complexity index is 515. The van der Waals surface area contributed by atoms with Crippen molar-refractivity contribution >= 4 is 39.8 Å². The van der Waals surface area contributed by atoms with Gasteiger partial charge in [0, 0.05) is 9.45 Å². The fourth-order valence-corrected chi connectivity index (χ4v) is 2.29. The number of halogens is 2. The molecule has 18 heavy (non-hydrogen) atoms. The van der Waals surface area contributed by atoms with Gasteiger partial charge in [-0.1, -0.05) is 82.7 Å². The van der Waals surface area contributed by atoms with Crippen molar-refractivity contribution in [1.29, 1.82) is 0 Å². The van der Waals surface area contributed by atoms with Crippen LogP contribution >= 0.6 is 34.2 Å². The van der Waals surface area contributed by atoms with Gasteiger partial charge in [0.15, 0.2) is 0 Å². The minimum atomic E-state index is 0.778. The summed E-state index contributed by atoms with van der Waals surface area (Å²) in [6.07, 6.45) is 3.37. The molecule has 92 valence electrons. The Morgan fingerprint density at radius 1 is 0.944 bits per heavy atom. The average molecular weight is 369 g/mol. The van der Waals surface area contributed by atoms with Gasteiger partial charge in [-0.2, -0.15) is 0 Å². The van der Waals surface area contributed by atoms with Gasteiger partial charge < -0.3 is 0 Å². The summed E-state index contributed by atoms with van der Waals surface area (Å²) in [5.41, 5.74) is 3.75. The number of hydrogen-bond acceptors (Lipinski definition) is 0. The highest BCUT2D eigenvalue weighted by Crippen LogP contribution is 2.25. The SMILES string of the molecule is Clc1ccc(/C(=C/CCI)c2ccccc2)cc1. The molecule has 2 heteroatoms. The van der Waals surface area contributed by atoms with Crippen molar-refractivity contribution < 1.29 is 0 Å². The van der Waals surface area contributed by atoms with E-state index in [4.69, 9.17) is 11.6 Å². The van der Waals surface area contributed by atoms with Gasteiger partial charge in [0.05, 0.1) is 0 Å². The summed E-state index contributed by atoms with van der Waals surface area (Å²) in [4.78, 5) is 0. The van der Waals surface area contributed by atoms with E-state index in [1.54, 1.807) is 0 Å². The lowest BCUT2D eigenvalue weighted by molar-refractivity contribution is 1.27. The molecular formula is C16H14ClI. The molecule has 0 nitrogen and oxygen atoms in total. The van der Waals surface area contributed by atoms with Gasteiger partial charge in [0.1, 0.15) is 0 Å². The van der Waals surface area contributed by atoms with E-state index >= 15 is 0 Å². The maximum Gasteiger partial charge on any atom is 0.0406 e. The van der Waals surface area contributed by atoms with Crippen LogP contribution in [0.5, 0.6) is 0 Å². The zero-order valence-electron chi connectivity index (χ0n) is 9.94. The highest BCUT2D eigenvalue weighted by molar-refractivity contribution is 14.1. The first-order valence-electron chi connectivity index (χ1n) is 5.89. The Morgan fingerprint density at radius 2 is 1.56 bits per heavy atom. The predicted molar refractivity (Wildman–Crippen MR) is 88.5 cm³/mol. The normalized spacial score (nSPS) is 11.6. The van der Waals surface area contributed by atoms with Gasteiger partial charge in [-0.3, -0.25) is 0 Å². The lowest BCUT2D eigenvalue weighted by atomic mass is 9.97. The molecule has 2 rings (SSSR count). The van der Waals surface area contributed by atoms with E-state index in [-0.39, 0.29) is 0 Å². The lowest BCUT2D eigenvalue weighted by Crippen LogP contribution is -1.88. The summed E-state index contributed by atoms with van der Waals surface area (Å²) in [7, 11) is 0. The molecule has 0 radical (unpaired) electrons. The van der Waals surface area contributed by atoms with Crippen molar-refractivity contribution in [2.75, 3.05) is 4.43 Å². The molecule has 0 atom stereocenters. The molecule has 0 N–H and O–H groups in total. The molecule has 0 spiro atoms. The van der Waals surface area contributed by atoms with Crippen LogP contribution in [0, 0.1) is 0 Å². The minimum absolute atomic E-state index is 0.778. The first kappa shape index (κ1) is 13.6. The maximum atomic E-state index is 5.95. The van der Waals surface area contributed by atoms with Crippen LogP contribution in [0.15, 0.2) is 60.7 Å². The van der Waals surface area contributed by atoms with Crippen molar-refractivity contribution in [1.82, 2.24) is 0 Å². The summed E-state index contributed by atoms with van der Waals surface area (Å²) >= 11 is 8.35. The average Bonchev–Trinajstić information content (AvgIpc) is 2.42. The highest BCUT2D eigenvalue weighted by atomic mass is 127. The fourth-order valence-electron chi connectivity index (χ4n) is 1.85. The van der Waals surface area contributed by atoms with Crippen LogP contribution < -0.4 is 0 Å². The first-order valence-corrected chi connectivity index (χ1v) is 7.79. The Hall–Kier alpha value is -0.800. The second-order valence-electron chi connectivity index (χ2n) is 3.97. The largest absolute Gasteiger partial charge is 0.0860 e. The second kappa shape index (κ2) is 6.95. The summed E-state index contributed by atoms with van der Waals surface area (Å²) in [6.45, 7) is 0. The monoisotopic (exact) mass is 368 g/mol. The van der Waals surface area contributed by atoms with Gasteiger partial charge in [0.25, 0.3) is 0 Å². The van der Waals surface area contributed by atoms with E-state index in [2.05, 4.69) is 65.1 Å². The van der Waals surface area contributed by atoms with E-state index < -0.39 is 0 Å². The molecule has 2 aromatic carbocycles. The molecule has 0 unspecified atom stereocenters. The Labute approximate surface area is 127 Å². The van der Waals surface area contributed by atoms with E-state index in [9.17, 15) is 0 Å². The molecule has 0 heterocycles. The predicted octanol–water partition coefficient (Wildman–Crippen LogP) is 5.60. The van der Waals surface area contributed by atoms with Gasteiger partial charge in [-0.15, -0.1) is 0 Å². The lowest BCUT2D eigenvalue weighted by Gasteiger charge is -2.08. The van der Waals surface area contributed by atoms with Crippen LogP contribution in [-0.2, 0) is 0 Å². The Balaban J connectivity index is 2.40. The Kier molecular flexibility index (Phi) is 5.26. The summed E-state index contributed by atoms with van der Waals surface area (Å²) in [6, 6.07) is 18.5. The summed E-state index contributed by atoms with van der Waals surface area (Å²) < 4.78 is 1.13. The molecule has 0 saturated carbocycles. The standard InChI is InChI=1S/C16H14ClI/c17-15-10-8-14(9-11-15)16(7-4-12-18)13-5-2-1-3-6-13/h1-3,5-11H,4,12H2/b16-7+. The molecule has 0 fully saturated rings. The molecule has 0 aromatic heterocycles. The zero-order valence-corrected chi connectivity index (χ0v) is 12.9. The second-order valence-corrected chi connectivity index (χ2v) is 5.48. The van der Waals surface area contributed by atoms with E-state index in [1.165, 1.54) is 16.7 Å². The summed E-state index contributed by atoms with van der Waals surface area (Å²) in [5, 5.41) is 0.778. The number of benzene rings is 2. The van der Waals surface area contributed by atoms with Crippen molar-refractivity contribution in [2.24, 2.45) is 0 Å². The van der Waals surface area contributed by atoms with Crippen molar-refractivity contribution in [3.63, 3.8) is 0 Å². The van der Waals surface area contributed by atoms with E-state index in [1.807, 2.05) is 18.2 Å². The Morgan fingerprint density at radius 3 is 2.17 bits per heavy atom. The third-order valence-electron chi connectivity index (χ3n) is 2.70. The van der Waals surface area contributed by atoms with Crippen LogP contribution in [0.4, 0.5) is 0 Å². The van der Waals surface area contributed by atoms with E-state index in [0.717, 1.165) is 15.9 Å². The molecule has 0 saturated heterocycles. The third-order valence-corrected chi connectivity index (χ3v) is 3.57. The van der Waals surface area contributed by atoms with Crippen LogP contribution in [0.1, 0.15) is 17.5 Å². The molecular weight excluding hydrogens is 355 g/mol. The van der Waals surface area contributed by atoms with Gasteiger partial charge in [-0.05, 0) is 35.3 Å². The smallest absolute Gasteiger partial charge is 0.0406 e. The van der Waals surface area contributed by atoms with Crippen LogP contribution in [0.3, 0.4) is 0 Å². The van der Waals surface area contributed by atoms with Crippen LogP contribution in [0.25, 0.3) is 5.57 Å². The number of rotatable bonds is 4. The van der Waals surface area contributed by atoms with Gasteiger partial charge >= 0.3 is 0 Å². The van der Waals surface area contributed by atoms with E-state index in [0.29, 0.717) is 0 Å².